The molecule has 2 aliphatic rings. The molecule has 0 aromatic heterocycles. The molecule has 1 aliphatic carbocycles. The van der Waals surface area contributed by atoms with Crippen LogP contribution in [-0.4, -0.2) is 30.8 Å². The fourth-order valence-corrected chi connectivity index (χ4v) is 3.08. The van der Waals surface area contributed by atoms with Crippen LogP contribution in [0.1, 0.15) is 25.7 Å². The largest absolute Gasteiger partial charge is 0.493 e. The molecule has 0 atom stereocenters. The van der Waals surface area contributed by atoms with Crippen LogP contribution in [0.2, 0.25) is 0 Å². The first-order valence-corrected chi connectivity index (χ1v) is 8.10. The van der Waals surface area contributed by atoms with Gasteiger partial charge in [0.1, 0.15) is 5.82 Å². The second-order valence-corrected chi connectivity index (χ2v) is 6.03. The summed E-state index contributed by atoms with van der Waals surface area (Å²) in [5.41, 5.74) is 7.11. The lowest BCUT2D eigenvalue weighted by atomic mass is 10.1. The van der Waals surface area contributed by atoms with Gasteiger partial charge < -0.3 is 25.2 Å². The highest BCUT2D eigenvalue weighted by atomic mass is 16.5. The number of ether oxygens (including phenoxy) is 2. The molecule has 1 aromatic rings. The zero-order valence-corrected chi connectivity index (χ0v) is 13.7. The van der Waals surface area contributed by atoms with E-state index in [4.69, 9.17) is 15.2 Å². The minimum absolute atomic E-state index is 0.206. The predicted octanol–water partition coefficient (Wildman–Crippen LogP) is 2.65. The van der Waals surface area contributed by atoms with Crippen LogP contribution in [-0.2, 0) is 4.79 Å². The zero-order chi connectivity index (χ0) is 17.1. The zero-order valence-electron chi connectivity index (χ0n) is 13.7. The van der Waals surface area contributed by atoms with E-state index in [9.17, 15) is 9.90 Å². The van der Waals surface area contributed by atoms with Crippen molar-refractivity contribution in [3.05, 3.63) is 41.7 Å². The predicted molar refractivity (Wildman–Crippen MR) is 91.2 cm³/mol. The number of anilines is 1. The van der Waals surface area contributed by atoms with Gasteiger partial charge in [-0.2, -0.15) is 0 Å². The van der Waals surface area contributed by atoms with Crippen LogP contribution in [0.15, 0.2) is 41.7 Å². The maximum atomic E-state index is 11.2. The Labute approximate surface area is 141 Å². The molecular formula is C18H22N2O4. The van der Waals surface area contributed by atoms with Gasteiger partial charge in [-0.05, 0) is 50.0 Å². The second kappa shape index (κ2) is 6.86. The van der Waals surface area contributed by atoms with Crippen molar-refractivity contribution in [2.75, 3.05) is 18.6 Å². The van der Waals surface area contributed by atoms with E-state index in [-0.39, 0.29) is 12.6 Å². The molecule has 6 heteroatoms. The molecule has 0 spiro atoms. The molecule has 3 N–H and O–H groups in total. The fourth-order valence-electron chi connectivity index (χ4n) is 3.08. The van der Waals surface area contributed by atoms with Crippen LogP contribution in [0.3, 0.4) is 0 Å². The van der Waals surface area contributed by atoms with Gasteiger partial charge in [-0.3, -0.25) is 0 Å². The van der Waals surface area contributed by atoms with E-state index in [0.29, 0.717) is 22.9 Å². The van der Waals surface area contributed by atoms with Crippen molar-refractivity contribution >= 4 is 11.7 Å². The van der Waals surface area contributed by atoms with Crippen LogP contribution in [0.5, 0.6) is 11.5 Å². The van der Waals surface area contributed by atoms with Gasteiger partial charge >= 0.3 is 5.97 Å². The SMILES string of the molecule is COc1ccc(N2CC(C(=O)O)=CC=C2N)cc1OC1CCCC1. The van der Waals surface area contributed by atoms with Crippen LogP contribution in [0, 0.1) is 0 Å². The lowest BCUT2D eigenvalue weighted by Crippen LogP contribution is -2.33. The Hall–Kier alpha value is -2.63. The Bertz CT molecular complexity index is 690. The molecule has 1 saturated carbocycles. The number of carboxylic acid groups (broad SMARTS) is 1. The molecule has 0 unspecified atom stereocenters. The number of allylic oxidation sites excluding steroid dienone is 2. The van der Waals surface area contributed by atoms with E-state index in [1.807, 2.05) is 18.2 Å². The molecule has 1 heterocycles. The number of hydrogen-bond acceptors (Lipinski definition) is 5. The average molecular weight is 330 g/mol. The highest BCUT2D eigenvalue weighted by molar-refractivity contribution is 5.89. The van der Waals surface area contributed by atoms with Crippen molar-refractivity contribution in [2.24, 2.45) is 5.73 Å². The number of aliphatic carboxylic acids is 1. The molecule has 1 aromatic carbocycles. The number of rotatable bonds is 5. The van der Waals surface area contributed by atoms with Crippen molar-refractivity contribution in [3.8, 4) is 11.5 Å². The van der Waals surface area contributed by atoms with Gasteiger partial charge in [-0.1, -0.05) is 0 Å². The van der Waals surface area contributed by atoms with Gasteiger partial charge in [0, 0.05) is 11.8 Å². The Morgan fingerprint density at radius 2 is 2.00 bits per heavy atom. The Kier molecular flexibility index (Phi) is 4.64. The summed E-state index contributed by atoms with van der Waals surface area (Å²) >= 11 is 0. The third-order valence-corrected chi connectivity index (χ3v) is 4.42. The summed E-state index contributed by atoms with van der Waals surface area (Å²) < 4.78 is 11.5. The van der Waals surface area contributed by atoms with Gasteiger partial charge in [0.25, 0.3) is 0 Å². The molecular weight excluding hydrogens is 308 g/mol. The van der Waals surface area contributed by atoms with Crippen molar-refractivity contribution in [2.45, 2.75) is 31.8 Å². The van der Waals surface area contributed by atoms with E-state index >= 15 is 0 Å². The molecule has 128 valence electrons. The molecule has 6 nitrogen and oxygen atoms in total. The number of benzene rings is 1. The molecule has 0 bridgehead atoms. The summed E-state index contributed by atoms with van der Waals surface area (Å²) in [7, 11) is 1.61. The lowest BCUT2D eigenvalue weighted by Gasteiger charge is -2.28. The normalized spacial score (nSPS) is 18.1. The van der Waals surface area contributed by atoms with Crippen molar-refractivity contribution in [3.63, 3.8) is 0 Å². The second-order valence-electron chi connectivity index (χ2n) is 6.03. The first-order chi connectivity index (χ1) is 11.6. The molecule has 1 fully saturated rings. The van der Waals surface area contributed by atoms with Gasteiger partial charge in [0.2, 0.25) is 0 Å². The van der Waals surface area contributed by atoms with Crippen molar-refractivity contribution < 1.29 is 19.4 Å². The average Bonchev–Trinajstić information content (AvgIpc) is 3.08. The maximum Gasteiger partial charge on any atom is 0.333 e. The van der Waals surface area contributed by atoms with Gasteiger partial charge in [0.15, 0.2) is 11.5 Å². The molecule has 0 saturated heterocycles. The van der Waals surface area contributed by atoms with E-state index in [1.165, 1.54) is 18.9 Å². The number of hydrogen-bond donors (Lipinski definition) is 2. The fraction of sp³-hybridized carbons (Fsp3) is 0.389. The Morgan fingerprint density at radius 3 is 2.67 bits per heavy atom. The smallest absolute Gasteiger partial charge is 0.333 e. The number of carboxylic acids is 1. The quantitative estimate of drug-likeness (QED) is 0.863. The summed E-state index contributed by atoms with van der Waals surface area (Å²) in [4.78, 5) is 13.0. The van der Waals surface area contributed by atoms with Crippen molar-refractivity contribution in [1.82, 2.24) is 0 Å². The summed E-state index contributed by atoms with van der Waals surface area (Å²) in [6.45, 7) is 0.215. The van der Waals surface area contributed by atoms with E-state index in [2.05, 4.69) is 0 Å². The van der Waals surface area contributed by atoms with Gasteiger partial charge in [-0.25, -0.2) is 4.79 Å². The van der Waals surface area contributed by atoms with E-state index < -0.39 is 5.97 Å². The summed E-state index contributed by atoms with van der Waals surface area (Å²) in [6, 6.07) is 5.54. The lowest BCUT2D eigenvalue weighted by molar-refractivity contribution is -0.132. The number of carbonyl (C=O) groups is 1. The maximum absolute atomic E-state index is 11.2. The highest BCUT2D eigenvalue weighted by Crippen LogP contribution is 2.36. The van der Waals surface area contributed by atoms with E-state index in [1.54, 1.807) is 18.1 Å². The first-order valence-electron chi connectivity index (χ1n) is 8.10. The van der Waals surface area contributed by atoms with Crippen molar-refractivity contribution in [1.29, 1.82) is 0 Å². The summed E-state index contributed by atoms with van der Waals surface area (Å²) in [6.07, 6.45) is 7.80. The summed E-state index contributed by atoms with van der Waals surface area (Å²) in [5.74, 6) is 0.886. The summed E-state index contributed by atoms with van der Waals surface area (Å²) in [5, 5.41) is 9.21. The highest BCUT2D eigenvalue weighted by Gasteiger charge is 2.22. The molecule has 24 heavy (non-hydrogen) atoms. The molecule has 0 radical (unpaired) electrons. The van der Waals surface area contributed by atoms with Gasteiger partial charge in [-0.15, -0.1) is 0 Å². The minimum atomic E-state index is -0.945. The molecule has 0 amide bonds. The van der Waals surface area contributed by atoms with Crippen LogP contribution in [0.4, 0.5) is 5.69 Å². The van der Waals surface area contributed by atoms with Crippen LogP contribution >= 0.6 is 0 Å². The minimum Gasteiger partial charge on any atom is -0.493 e. The van der Waals surface area contributed by atoms with Gasteiger partial charge in [0.05, 0.1) is 25.3 Å². The molecule has 3 rings (SSSR count). The molecule has 1 aliphatic heterocycles. The standard InChI is InChI=1S/C18H22N2O4/c1-23-15-8-7-13(10-16(15)24-14-4-2-3-5-14)20-11-12(18(21)22)6-9-17(20)19/h6-10,14H,2-5,11,19H2,1H3,(H,21,22). The Balaban J connectivity index is 1.87. The Morgan fingerprint density at radius 1 is 1.25 bits per heavy atom. The topological polar surface area (TPSA) is 85.0 Å². The van der Waals surface area contributed by atoms with E-state index in [0.717, 1.165) is 18.5 Å². The van der Waals surface area contributed by atoms with Crippen LogP contribution < -0.4 is 20.1 Å². The first kappa shape index (κ1) is 16.2. The number of methoxy groups -OCH3 is 1. The number of nitrogens with two attached hydrogens (primary N) is 1. The third kappa shape index (κ3) is 3.32. The monoisotopic (exact) mass is 330 g/mol. The third-order valence-electron chi connectivity index (χ3n) is 4.42. The van der Waals surface area contributed by atoms with Crippen LogP contribution in [0.25, 0.3) is 0 Å². The number of nitrogens with zero attached hydrogens (tertiary/aromatic N) is 1.